The van der Waals surface area contributed by atoms with E-state index in [1.807, 2.05) is 0 Å². The lowest BCUT2D eigenvalue weighted by Gasteiger charge is -2.09. The summed E-state index contributed by atoms with van der Waals surface area (Å²) in [5.74, 6) is 0.239. The lowest BCUT2D eigenvalue weighted by Crippen LogP contribution is -2.29. The molecule has 0 aromatic heterocycles. The number of amides is 2. The third kappa shape index (κ3) is 6.16. The number of carbonyl (C=O) groups excluding carboxylic acids is 1. The number of ether oxygens (including phenoxy) is 1. The Kier molecular flexibility index (Phi) is 5.43. The lowest BCUT2D eigenvalue weighted by molar-refractivity contribution is -0.139. The van der Waals surface area contributed by atoms with Crippen LogP contribution in [0.1, 0.15) is 25.7 Å². The van der Waals surface area contributed by atoms with Gasteiger partial charge in [-0.3, -0.25) is 0 Å². The maximum atomic E-state index is 11.7. The molecule has 1 saturated carbocycles. The summed E-state index contributed by atoms with van der Waals surface area (Å²) in [5, 5.41) is 14.0. The van der Waals surface area contributed by atoms with Crippen LogP contribution in [-0.4, -0.2) is 30.3 Å². The molecular formula is C15H20N2O4. The number of hydrogen-bond acceptors (Lipinski definition) is 3. The molecule has 1 aliphatic carbocycles. The van der Waals surface area contributed by atoms with Gasteiger partial charge in [0.15, 0.2) is 6.61 Å². The number of hydrogen-bond donors (Lipinski definition) is 3. The first kappa shape index (κ1) is 15.2. The van der Waals surface area contributed by atoms with Crippen molar-refractivity contribution in [1.29, 1.82) is 0 Å². The maximum absolute atomic E-state index is 11.7. The molecule has 3 N–H and O–H groups in total. The standard InChI is InChI=1S/C15H20N2O4/c18-14(19)10-21-13-5-1-4-12(9-13)17-15(20)16-8-2-3-11-6-7-11/h1,4-5,9,11H,2-3,6-8,10H2,(H,18,19)(H2,16,17,20). The van der Waals surface area contributed by atoms with Gasteiger partial charge in [0.1, 0.15) is 5.75 Å². The van der Waals surface area contributed by atoms with Crippen molar-refractivity contribution in [3.05, 3.63) is 24.3 Å². The number of carbonyl (C=O) groups is 2. The Hall–Kier alpha value is -2.24. The van der Waals surface area contributed by atoms with Gasteiger partial charge < -0.3 is 20.5 Å². The summed E-state index contributed by atoms with van der Waals surface area (Å²) in [7, 11) is 0. The average Bonchev–Trinajstić information content (AvgIpc) is 3.26. The monoisotopic (exact) mass is 292 g/mol. The van der Waals surface area contributed by atoms with E-state index in [0.717, 1.165) is 12.3 Å². The van der Waals surface area contributed by atoms with Crippen LogP contribution in [0.15, 0.2) is 24.3 Å². The molecule has 0 aliphatic heterocycles. The molecule has 6 heteroatoms. The van der Waals surface area contributed by atoms with E-state index in [1.165, 1.54) is 19.3 Å². The Morgan fingerprint density at radius 3 is 2.86 bits per heavy atom. The molecule has 0 saturated heterocycles. The predicted molar refractivity (Wildman–Crippen MR) is 78.6 cm³/mol. The van der Waals surface area contributed by atoms with Gasteiger partial charge in [-0.2, -0.15) is 0 Å². The van der Waals surface area contributed by atoms with Crippen molar-refractivity contribution in [3.63, 3.8) is 0 Å². The smallest absolute Gasteiger partial charge is 0.341 e. The van der Waals surface area contributed by atoms with Crippen molar-refractivity contribution in [3.8, 4) is 5.75 Å². The van der Waals surface area contributed by atoms with Crippen molar-refractivity contribution in [2.45, 2.75) is 25.7 Å². The van der Waals surface area contributed by atoms with E-state index in [0.29, 0.717) is 18.0 Å². The van der Waals surface area contributed by atoms with Crippen LogP contribution < -0.4 is 15.4 Å². The third-order valence-corrected chi connectivity index (χ3v) is 3.23. The Balaban J connectivity index is 1.71. The number of anilines is 1. The number of carboxylic acid groups (broad SMARTS) is 1. The van der Waals surface area contributed by atoms with E-state index in [9.17, 15) is 9.59 Å². The normalized spacial score (nSPS) is 13.5. The molecule has 1 aliphatic rings. The molecule has 0 heterocycles. The van der Waals surface area contributed by atoms with Gasteiger partial charge in [-0.15, -0.1) is 0 Å². The van der Waals surface area contributed by atoms with Crippen LogP contribution in [0.2, 0.25) is 0 Å². The number of aliphatic carboxylic acids is 1. The Morgan fingerprint density at radius 1 is 1.33 bits per heavy atom. The Labute approximate surface area is 123 Å². The van der Waals surface area contributed by atoms with Gasteiger partial charge in [0.05, 0.1) is 0 Å². The third-order valence-electron chi connectivity index (χ3n) is 3.23. The van der Waals surface area contributed by atoms with Crippen LogP contribution in [0, 0.1) is 5.92 Å². The zero-order valence-corrected chi connectivity index (χ0v) is 11.8. The first-order chi connectivity index (χ1) is 10.1. The molecule has 1 aromatic carbocycles. The zero-order valence-electron chi connectivity index (χ0n) is 11.8. The summed E-state index contributed by atoms with van der Waals surface area (Å²) in [5.41, 5.74) is 0.567. The molecule has 0 spiro atoms. The molecule has 21 heavy (non-hydrogen) atoms. The van der Waals surface area contributed by atoms with Gasteiger partial charge in [0, 0.05) is 18.3 Å². The van der Waals surface area contributed by atoms with Crippen molar-refractivity contribution in [2.75, 3.05) is 18.5 Å². The molecular weight excluding hydrogens is 272 g/mol. The summed E-state index contributed by atoms with van der Waals surface area (Å²) in [6.07, 6.45) is 4.84. The summed E-state index contributed by atoms with van der Waals surface area (Å²) >= 11 is 0. The van der Waals surface area contributed by atoms with Crippen LogP contribution in [0.3, 0.4) is 0 Å². The first-order valence-corrected chi connectivity index (χ1v) is 7.13. The van der Waals surface area contributed by atoms with E-state index in [-0.39, 0.29) is 6.03 Å². The van der Waals surface area contributed by atoms with Gasteiger partial charge in [-0.25, -0.2) is 9.59 Å². The highest BCUT2D eigenvalue weighted by Crippen LogP contribution is 2.33. The highest BCUT2D eigenvalue weighted by Gasteiger charge is 2.20. The van der Waals surface area contributed by atoms with Crippen molar-refractivity contribution in [2.24, 2.45) is 5.92 Å². The SMILES string of the molecule is O=C(O)COc1cccc(NC(=O)NCCCC2CC2)c1. The van der Waals surface area contributed by atoms with Gasteiger partial charge >= 0.3 is 12.0 Å². The fourth-order valence-corrected chi connectivity index (χ4v) is 1.98. The van der Waals surface area contributed by atoms with E-state index < -0.39 is 12.6 Å². The van der Waals surface area contributed by atoms with E-state index >= 15 is 0 Å². The molecule has 0 radical (unpaired) electrons. The quantitative estimate of drug-likeness (QED) is 0.642. The summed E-state index contributed by atoms with van der Waals surface area (Å²) in [6, 6.07) is 6.38. The molecule has 0 unspecified atom stereocenters. The lowest BCUT2D eigenvalue weighted by atomic mass is 10.2. The largest absolute Gasteiger partial charge is 0.482 e. The van der Waals surface area contributed by atoms with Crippen LogP contribution in [0.4, 0.5) is 10.5 Å². The van der Waals surface area contributed by atoms with Crippen LogP contribution in [0.25, 0.3) is 0 Å². The molecule has 2 rings (SSSR count). The van der Waals surface area contributed by atoms with Crippen LogP contribution in [0.5, 0.6) is 5.75 Å². The minimum absolute atomic E-state index is 0.263. The highest BCUT2D eigenvalue weighted by atomic mass is 16.5. The fourth-order valence-electron chi connectivity index (χ4n) is 1.98. The number of urea groups is 1. The molecule has 0 bridgehead atoms. The van der Waals surface area contributed by atoms with Gasteiger partial charge in [-0.05, 0) is 30.9 Å². The summed E-state index contributed by atoms with van der Waals surface area (Å²) < 4.78 is 5.05. The highest BCUT2D eigenvalue weighted by molar-refractivity contribution is 5.89. The average molecular weight is 292 g/mol. The van der Waals surface area contributed by atoms with E-state index in [1.54, 1.807) is 24.3 Å². The Morgan fingerprint density at radius 2 is 2.14 bits per heavy atom. The second-order valence-corrected chi connectivity index (χ2v) is 5.18. The fraction of sp³-hybridized carbons (Fsp3) is 0.467. The molecule has 0 atom stereocenters. The predicted octanol–water partition coefficient (Wildman–Crippen LogP) is 2.46. The number of carboxylic acids is 1. The minimum Gasteiger partial charge on any atom is -0.482 e. The van der Waals surface area contributed by atoms with Crippen molar-refractivity contribution in [1.82, 2.24) is 5.32 Å². The minimum atomic E-state index is -1.04. The van der Waals surface area contributed by atoms with Crippen LogP contribution in [-0.2, 0) is 4.79 Å². The van der Waals surface area contributed by atoms with Crippen LogP contribution >= 0.6 is 0 Å². The van der Waals surface area contributed by atoms with E-state index in [4.69, 9.17) is 9.84 Å². The number of benzene rings is 1. The zero-order chi connectivity index (χ0) is 15.1. The molecule has 2 amide bonds. The van der Waals surface area contributed by atoms with E-state index in [2.05, 4.69) is 10.6 Å². The molecule has 114 valence electrons. The van der Waals surface area contributed by atoms with Crippen molar-refractivity contribution < 1.29 is 19.4 Å². The topological polar surface area (TPSA) is 87.7 Å². The molecule has 6 nitrogen and oxygen atoms in total. The second-order valence-electron chi connectivity index (χ2n) is 5.18. The van der Waals surface area contributed by atoms with Gasteiger partial charge in [0.25, 0.3) is 0 Å². The van der Waals surface area contributed by atoms with Crippen molar-refractivity contribution >= 4 is 17.7 Å². The molecule has 1 fully saturated rings. The Bertz CT molecular complexity index is 500. The maximum Gasteiger partial charge on any atom is 0.341 e. The van der Waals surface area contributed by atoms with Gasteiger partial charge in [-0.1, -0.05) is 18.9 Å². The molecule has 1 aromatic rings. The first-order valence-electron chi connectivity index (χ1n) is 7.13. The van der Waals surface area contributed by atoms with Gasteiger partial charge in [0.2, 0.25) is 0 Å². The second kappa shape index (κ2) is 7.52. The number of nitrogens with one attached hydrogen (secondary N) is 2. The number of rotatable bonds is 8. The summed E-state index contributed by atoms with van der Waals surface area (Å²) in [6.45, 7) is 0.258. The summed E-state index contributed by atoms with van der Waals surface area (Å²) in [4.78, 5) is 22.1.